The predicted molar refractivity (Wildman–Crippen MR) is 97.2 cm³/mol. The molecule has 6 heteroatoms. The van der Waals surface area contributed by atoms with Crippen molar-refractivity contribution >= 4 is 23.9 Å². The number of nitrogens with one attached hydrogen (secondary N) is 1. The lowest BCUT2D eigenvalue weighted by molar-refractivity contribution is -0.138. The number of hydrogen-bond acceptors (Lipinski definition) is 3. The summed E-state index contributed by atoms with van der Waals surface area (Å²) in [5.74, 6) is -1.35. The van der Waals surface area contributed by atoms with Crippen LogP contribution in [-0.4, -0.2) is 47.4 Å². The van der Waals surface area contributed by atoms with Crippen molar-refractivity contribution in [1.82, 2.24) is 10.2 Å². The van der Waals surface area contributed by atoms with E-state index >= 15 is 0 Å². The highest BCUT2D eigenvalue weighted by atomic mass is 16.4. The minimum Gasteiger partial charge on any atom is -0.480 e. The summed E-state index contributed by atoms with van der Waals surface area (Å²) in [6.07, 6.45) is 6.13. The van der Waals surface area contributed by atoms with Crippen molar-refractivity contribution in [3.05, 3.63) is 41.5 Å². The average Bonchev–Trinajstić information content (AvgIpc) is 2.60. The Bertz CT molecular complexity index is 640. The van der Waals surface area contributed by atoms with Crippen LogP contribution in [0.25, 0.3) is 6.08 Å². The lowest BCUT2D eigenvalue weighted by atomic mass is 10.1. The highest BCUT2D eigenvalue weighted by Gasteiger charge is 2.15. The summed E-state index contributed by atoms with van der Waals surface area (Å²) in [5, 5.41) is 11.3. The molecule has 0 bridgehead atoms. The quantitative estimate of drug-likeness (QED) is 0.673. The third-order valence-electron chi connectivity index (χ3n) is 3.77. The number of allylic oxidation sites excluding steroid dienone is 1. The number of amides is 2. The zero-order chi connectivity index (χ0) is 18.8. The number of carboxylic acids is 1. The normalized spacial score (nSPS) is 12.0. The van der Waals surface area contributed by atoms with E-state index in [1.807, 2.05) is 25.1 Å². The van der Waals surface area contributed by atoms with Crippen molar-refractivity contribution in [2.45, 2.75) is 39.2 Å². The molecule has 25 heavy (non-hydrogen) atoms. The highest BCUT2D eigenvalue weighted by Crippen LogP contribution is 2.09. The van der Waals surface area contributed by atoms with Gasteiger partial charge < -0.3 is 15.3 Å². The molecule has 0 aromatic heterocycles. The fourth-order valence-electron chi connectivity index (χ4n) is 2.19. The second-order valence-corrected chi connectivity index (χ2v) is 5.87. The molecule has 0 aliphatic rings. The molecule has 0 radical (unpaired) electrons. The molecule has 1 rings (SSSR count). The second-order valence-electron chi connectivity index (χ2n) is 5.87. The van der Waals surface area contributed by atoms with Crippen LogP contribution in [0.1, 0.15) is 49.0 Å². The van der Waals surface area contributed by atoms with Crippen molar-refractivity contribution in [1.29, 1.82) is 0 Å². The SMILES string of the molecule is CCC(=O)N(C)CCCC=Cc1cccc(C(=O)NC(C)C(=O)O)c1. The maximum Gasteiger partial charge on any atom is 0.325 e. The fourth-order valence-corrected chi connectivity index (χ4v) is 2.19. The van der Waals surface area contributed by atoms with Gasteiger partial charge >= 0.3 is 5.97 Å². The van der Waals surface area contributed by atoms with Crippen LogP contribution in [0.2, 0.25) is 0 Å². The standard InChI is InChI=1S/C19H26N2O4/c1-4-17(22)21(3)12-7-5-6-9-15-10-8-11-16(13-15)18(23)20-14(2)19(24)25/h6,8-11,13-14H,4-5,7,12H2,1-3H3,(H,20,23)(H,24,25). The van der Waals surface area contributed by atoms with Crippen LogP contribution < -0.4 is 5.32 Å². The number of aliphatic carboxylic acids is 1. The van der Waals surface area contributed by atoms with Crippen molar-refractivity contribution in [2.24, 2.45) is 0 Å². The Kier molecular flexibility index (Phi) is 8.39. The first-order chi connectivity index (χ1) is 11.8. The summed E-state index contributed by atoms with van der Waals surface area (Å²) in [6, 6.07) is 6.06. The molecule has 0 aliphatic carbocycles. The van der Waals surface area contributed by atoms with Gasteiger partial charge in [0, 0.05) is 25.6 Å². The molecule has 6 nitrogen and oxygen atoms in total. The first kappa shape index (κ1) is 20.4. The number of benzene rings is 1. The van der Waals surface area contributed by atoms with Crippen LogP contribution in [0.4, 0.5) is 0 Å². The van der Waals surface area contributed by atoms with Crippen LogP contribution in [0, 0.1) is 0 Å². The molecular formula is C19H26N2O4. The topological polar surface area (TPSA) is 86.7 Å². The second kappa shape index (κ2) is 10.3. The van der Waals surface area contributed by atoms with Gasteiger partial charge in [0.15, 0.2) is 0 Å². The van der Waals surface area contributed by atoms with Gasteiger partial charge in [-0.1, -0.05) is 31.2 Å². The van der Waals surface area contributed by atoms with E-state index in [0.717, 1.165) is 18.4 Å². The Balaban J connectivity index is 2.53. The van der Waals surface area contributed by atoms with Gasteiger partial charge in [-0.2, -0.15) is 0 Å². The summed E-state index contributed by atoms with van der Waals surface area (Å²) < 4.78 is 0. The number of carbonyl (C=O) groups excluding carboxylic acids is 2. The number of carboxylic acid groups (broad SMARTS) is 1. The summed E-state index contributed by atoms with van der Waals surface area (Å²) in [7, 11) is 1.80. The van der Waals surface area contributed by atoms with E-state index in [-0.39, 0.29) is 5.91 Å². The molecule has 1 atom stereocenters. The zero-order valence-corrected chi connectivity index (χ0v) is 15.0. The Hall–Kier alpha value is -2.63. The van der Waals surface area contributed by atoms with E-state index in [2.05, 4.69) is 5.32 Å². The van der Waals surface area contributed by atoms with Gasteiger partial charge in [-0.15, -0.1) is 0 Å². The van der Waals surface area contributed by atoms with Crippen LogP contribution >= 0.6 is 0 Å². The number of nitrogens with zero attached hydrogens (tertiary/aromatic N) is 1. The molecule has 0 spiro atoms. The zero-order valence-electron chi connectivity index (χ0n) is 15.0. The predicted octanol–water partition coefficient (Wildman–Crippen LogP) is 2.55. The molecule has 0 fully saturated rings. The van der Waals surface area contributed by atoms with Gasteiger partial charge in [0.1, 0.15) is 6.04 Å². The molecule has 0 aliphatic heterocycles. The fraction of sp³-hybridized carbons (Fsp3) is 0.421. The van der Waals surface area contributed by atoms with E-state index in [4.69, 9.17) is 5.11 Å². The van der Waals surface area contributed by atoms with Gasteiger partial charge in [-0.25, -0.2) is 0 Å². The molecule has 1 aromatic carbocycles. The maximum atomic E-state index is 12.0. The Morgan fingerprint density at radius 2 is 2.04 bits per heavy atom. The average molecular weight is 346 g/mol. The number of hydrogen-bond donors (Lipinski definition) is 2. The largest absolute Gasteiger partial charge is 0.480 e. The minimum absolute atomic E-state index is 0.137. The van der Waals surface area contributed by atoms with Crippen LogP contribution in [0.3, 0.4) is 0 Å². The Labute approximate surface area is 148 Å². The third kappa shape index (κ3) is 7.20. The number of rotatable bonds is 9. The molecule has 0 saturated carbocycles. The highest BCUT2D eigenvalue weighted by molar-refractivity contribution is 5.96. The van der Waals surface area contributed by atoms with Gasteiger partial charge in [0.05, 0.1) is 0 Å². The van der Waals surface area contributed by atoms with Crippen LogP contribution in [-0.2, 0) is 9.59 Å². The van der Waals surface area contributed by atoms with Crippen LogP contribution in [0.15, 0.2) is 30.3 Å². The van der Waals surface area contributed by atoms with Crippen molar-refractivity contribution in [3.63, 3.8) is 0 Å². The van der Waals surface area contributed by atoms with Crippen molar-refractivity contribution in [2.75, 3.05) is 13.6 Å². The summed E-state index contributed by atoms with van der Waals surface area (Å²) >= 11 is 0. The molecule has 2 N–H and O–H groups in total. The molecule has 2 amide bonds. The number of unbranched alkanes of at least 4 members (excludes halogenated alkanes) is 1. The smallest absolute Gasteiger partial charge is 0.325 e. The van der Waals surface area contributed by atoms with E-state index in [1.54, 1.807) is 30.1 Å². The molecule has 1 aromatic rings. The van der Waals surface area contributed by atoms with Crippen LogP contribution in [0.5, 0.6) is 0 Å². The van der Waals surface area contributed by atoms with E-state index < -0.39 is 17.9 Å². The first-order valence-electron chi connectivity index (χ1n) is 8.39. The molecule has 1 unspecified atom stereocenters. The van der Waals surface area contributed by atoms with E-state index in [1.165, 1.54) is 6.92 Å². The summed E-state index contributed by atoms with van der Waals surface area (Å²) in [5.41, 5.74) is 1.29. The minimum atomic E-state index is -1.07. The third-order valence-corrected chi connectivity index (χ3v) is 3.77. The van der Waals surface area contributed by atoms with E-state index in [9.17, 15) is 14.4 Å². The summed E-state index contributed by atoms with van der Waals surface area (Å²) in [6.45, 7) is 3.98. The van der Waals surface area contributed by atoms with Gasteiger partial charge in [0.25, 0.3) is 5.91 Å². The molecule has 0 saturated heterocycles. The van der Waals surface area contributed by atoms with Crippen molar-refractivity contribution in [3.8, 4) is 0 Å². The van der Waals surface area contributed by atoms with Gasteiger partial charge in [-0.05, 0) is 37.5 Å². The molecule has 0 heterocycles. The first-order valence-corrected chi connectivity index (χ1v) is 8.39. The Morgan fingerprint density at radius 3 is 2.68 bits per heavy atom. The lowest BCUT2D eigenvalue weighted by Gasteiger charge is -2.15. The van der Waals surface area contributed by atoms with E-state index in [0.29, 0.717) is 18.5 Å². The van der Waals surface area contributed by atoms with Crippen molar-refractivity contribution < 1.29 is 19.5 Å². The van der Waals surface area contributed by atoms with Gasteiger partial charge in [0.2, 0.25) is 5.91 Å². The molecular weight excluding hydrogens is 320 g/mol. The lowest BCUT2D eigenvalue weighted by Crippen LogP contribution is -2.38. The Morgan fingerprint density at radius 1 is 1.32 bits per heavy atom. The molecule has 136 valence electrons. The number of carbonyl (C=O) groups is 3. The monoisotopic (exact) mass is 346 g/mol. The van der Waals surface area contributed by atoms with Gasteiger partial charge in [-0.3, -0.25) is 14.4 Å². The summed E-state index contributed by atoms with van der Waals surface area (Å²) in [4.78, 5) is 36.0. The maximum absolute atomic E-state index is 12.0.